The number of hydrogen-bond acceptors (Lipinski definition) is 4. The number of esters is 1. The molecule has 1 aromatic carbocycles. The first kappa shape index (κ1) is 18.7. The van der Waals surface area contributed by atoms with Crippen LogP contribution in [0.3, 0.4) is 0 Å². The van der Waals surface area contributed by atoms with Crippen molar-refractivity contribution in [3.05, 3.63) is 40.1 Å². The maximum Gasteiger partial charge on any atom is 0.306 e. The zero-order valence-corrected chi connectivity index (χ0v) is 13.7. The molecule has 0 radical (unpaired) electrons. The lowest BCUT2D eigenvalue weighted by molar-refractivity contribution is -0.143. The molecule has 22 heavy (non-hydrogen) atoms. The SMILES string of the molecule is C=CCOc1c(F)cc(Cl)c(Cl)c1C(CN)CC(=O)OCC. The Balaban J connectivity index is 3.27. The summed E-state index contributed by atoms with van der Waals surface area (Å²) in [5.74, 6) is -1.77. The highest BCUT2D eigenvalue weighted by molar-refractivity contribution is 6.42. The van der Waals surface area contributed by atoms with Crippen LogP contribution in [-0.4, -0.2) is 25.7 Å². The number of carbonyl (C=O) groups is 1. The molecule has 0 aliphatic carbocycles. The van der Waals surface area contributed by atoms with Gasteiger partial charge >= 0.3 is 5.97 Å². The van der Waals surface area contributed by atoms with E-state index < -0.39 is 17.7 Å². The fourth-order valence-corrected chi connectivity index (χ4v) is 2.47. The van der Waals surface area contributed by atoms with E-state index in [1.165, 1.54) is 6.08 Å². The molecule has 122 valence electrons. The van der Waals surface area contributed by atoms with Crippen molar-refractivity contribution in [2.24, 2.45) is 5.73 Å². The number of benzene rings is 1. The molecule has 0 aliphatic heterocycles. The van der Waals surface area contributed by atoms with Gasteiger partial charge < -0.3 is 15.2 Å². The van der Waals surface area contributed by atoms with E-state index in [0.29, 0.717) is 0 Å². The molecule has 0 fully saturated rings. The van der Waals surface area contributed by atoms with E-state index in [0.717, 1.165) is 6.07 Å². The molecular formula is C15H18Cl2FNO3. The summed E-state index contributed by atoms with van der Waals surface area (Å²) in [7, 11) is 0. The highest BCUT2D eigenvalue weighted by atomic mass is 35.5. The summed E-state index contributed by atoms with van der Waals surface area (Å²) in [5, 5.41) is 0.143. The van der Waals surface area contributed by atoms with E-state index in [9.17, 15) is 9.18 Å². The second-order valence-corrected chi connectivity index (χ2v) is 5.22. The molecular weight excluding hydrogens is 332 g/mol. The van der Waals surface area contributed by atoms with Gasteiger partial charge in [-0.2, -0.15) is 0 Å². The Morgan fingerprint density at radius 2 is 2.23 bits per heavy atom. The minimum absolute atomic E-state index is 0.0300. The summed E-state index contributed by atoms with van der Waals surface area (Å²) in [4.78, 5) is 11.7. The van der Waals surface area contributed by atoms with Crippen molar-refractivity contribution in [2.75, 3.05) is 19.8 Å². The van der Waals surface area contributed by atoms with Crippen molar-refractivity contribution >= 4 is 29.2 Å². The Morgan fingerprint density at radius 1 is 1.55 bits per heavy atom. The van der Waals surface area contributed by atoms with Gasteiger partial charge in [0.1, 0.15) is 6.61 Å². The Morgan fingerprint density at radius 3 is 2.77 bits per heavy atom. The molecule has 7 heteroatoms. The highest BCUT2D eigenvalue weighted by Gasteiger charge is 2.26. The zero-order valence-electron chi connectivity index (χ0n) is 12.2. The minimum atomic E-state index is -0.673. The van der Waals surface area contributed by atoms with Crippen molar-refractivity contribution in [3.63, 3.8) is 0 Å². The highest BCUT2D eigenvalue weighted by Crippen LogP contribution is 2.41. The lowest BCUT2D eigenvalue weighted by atomic mass is 9.94. The van der Waals surface area contributed by atoms with E-state index in [1.807, 2.05) is 0 Å². The van der Waals surface area contributed by atoms with Crippen LogP contribution in [0.5, 0.6) is 5.75 Å². The monoisotopic (exact) mass is 349 g/mol. The predicted octanol–water partition coefficient (Wildman–Crippen LogP) is 3.69. The molecule has 0 aromatic heterocycles. The van der Waals surface area contributed by atoms with Gasteiger partial charge in [0.2, 0.25) is 0 Å². The Labute approximate surface area is 139 Å². The quantitative estimate of drug-likeness (QED) is 0.441. The van der Waals surface area contributed by atoms with Crippen LogP contribution in [0.2, 0.25) is 10.0 Å². The first-order chi connectivity index (χ1) is 10.5. The van der Waals surface area contributed by atoms with Crippen LogP contribution in [0, 0.1) is 5.82 Å². The van der Waals surface area contributed by atoms with E-state index in [-0.39, 0.29) is 47.5 Å². The first-order valence-corrected chi connectivity index (χ1v) is 7.48. The number of ether oxygens (including phenoxy) is 2. The van der Waals surface area contributed by atoms with Crippen LogP contribution in [0.4, 0.5) is 4.39 Å². The summed E-state index contributed by atoms with van der Waals surface area (Å²) in [5.41, 5.74) is 5.98. The number of rotatable bonds is 8. The molecule has 0 saturated heterocycles. The van der Waals surface area contributed by atoms with Gasteiger partial charge in [-0.3, -0.25) is 4.79 Å². The molecule has 0 spiro atoms. The molecule has 0 saturated carbocycles. The topological polar surface area (TPSA) is 61.5 Å². The molecule has 4 nitrogen and oxygen atoms in total. The Kier molecular flexibility index (Phi) is 7.65. The number of nitrogens with two attached hydrogens (primary N) is 1. The lowest BCUT2D eigenvalue weighted by Gasteiger charge is -2.21. The molecule has 0 amide bonds. The van der Waals surface area contributed by atoms with Crippen molar-refractivity contribution < 1.29 is 18.7 Å². The van der Waals surface area contributed by atoms with Crippen molar-refractivity contribution in [1.82, 2.24) is 0 Å². The molecule has 0 bridgehead atoms. The second-order valence-electron chi connectivity index (χ2n) is 4.44. The van der Waals surface area contributed by atoms with Gasteiger partial charge in [-0.05, 0) is 19.5 Å². The third kappa shape index (κ3) is 4.60. The summed E-state index contributed by atoms with van der Waals surface area (Å²) < 4.78 is 24.4. The van der Waals surface area contributed by atoms with Gasteiger partial charge in [0.15, 0.2) is 11.6 Å². The van der Waals surface area contributed by atoms with Gasteiger partial charge in [0.05, 0.1) is 23.1 Å². The summed E-state index contributed by atoms with van der Waals surface area (Å²) in [6, 6.07) is 1.06. The summed E-state index contributed by atoms with van der Waals surface area (Å²) in [6.45, 7) is 5.59. The molecule has 0 aliphatic rings. The largest absolute Gasteiger partial charge is 0.486 e. The van der Waals surface area contributed by atoms with E-state index >= 15 is 0 Å². The molecule has 1 atom stereocenters. The average Bonchev–Trinajstić information content (AvgIpc) is 2.48. The first-order valence-electron chi connectivity index (χ1n) is 6.72. The molecule has 2 N–H and O–H groups in total. The van der Waals surface area contributed by atoms with E-state index in [2.05, 4.69) is 6.58 Å². The molecule has 0 heterocycles. The maximum atomic E-state index is 14.1. The van der Waals surface area contributed by atoms with Gasteiger partial charge in [-0.1, -0.05) is 35.9 Å². The Hall–Kier alpha value is -1.30. The normalized spacial score (nSPS) is 11.9. The average molecular weight is 350 g/mol. The standard InChI is InChI=1S/C15H18Cl2FNO3/c1-3-5-22-15-11(18)7-10(16)14(17)13(15)9(8-19)6-12(20)21-4-2/h3,7,9H,1,4-6,8,19H2,2H3. The molecule has 1 rings (SSSR count). The fraction of sp³-hybridized carbons (Fsp3) is 0.400. The molecule has 1 aromatic rings. The van der Waals surface area contributed by atoms with Crippen LogP contribution in [0.15, 0.2) is 18.7 Å². The third-order valence-corrected chi connectivity index (χ3v) is 3.72. The van der Waals surface area contributed by atoms with Crippen LogP contribution < -0.4 is 10.5 Å². The van der Waals surface area contributed by atoms with Crippen LogP contribution in [-0.2, 0) is 9.53 Å². The van der Waals surface area contributed by atoms with Crippen molar-refractivity contribution in [2.45, 2.75) is 19.3 Å². The van der Waals surface area contributed by atoms with Crippen LogP contribution in [0.25, 0.3) is 0 Å². The van der Waals surface area contributed by atoms with E-state index in [4.69, 9.17) is 38.4 Å². The van der Waals surface area contributed by atoms with Gasteiger partial charge in [-0.25, -0.2) is 4.39 Å². The predicted molar refractivity (Wildman–Crippen MR) is 85.2 cm³/mol. The number of carbonyl (C=O) groups excluding carboxylic acids is 1. The minimum Gasteiger partial charge on any atom is -0.486 e. The zero-order chi connectivity index (χ0) is 16.7. The van der Waals surface area contributed by atoms with Crippen molar-refractivity contribution in [1.29, 1.82) is 0 Å². The van der Waals surface area contributed by atoms with Gasteiger partial charge in [0.25, 0.3) is 0 Å². The van der Waals surface area contributed by atoms with Crippen molar-refractivity contribution in [3.8, 4) is 5.75 Å². The molecule has 1 unspecified atom stereocenters. The smallest absolute Gasteiger partial charge is 0.306 e. The van der Waals surface area contributed by atoms with Gasteiger partial charge in [-0.15, -0.1) is 0 Å². The lowest BCUT2D eigenvalue weighted by Crippen LogP contribution is -2.20. The fourth-order valence-electron chi connectivity index (χ4n) is 1.98. The summed E-state index contributed by atoms with van der Waals surface area (Å²) in [6.07, 6.45) is 1.42. The number of halogens is 3. The van der Waals surface area contributed by atoms with Crippen LogP contribution in [0.1, 0.15) is 24.8 Å². The number of hydrogen-bond donors (Lipinski definition) is 1. The maximum absolute atomic E-state index is 14.1. The summed E-state index contributed by atoms with van der Waals surface area (Å²) >= 11 is 12.1. The Bertz CT molecular complexity index is 552. The van der Waals surface area contributed by atoms with Crippen LogP contribution >= 0.6 is 23.2 Å². The van der Waals surface area contributed by atoms with Gasteiger partial charge in [0, 0.05) is 11.5 Å². The second kappa shape index (κ2) is 8.98. The third-order valence-electron chi connectivity index (χ3n) is 2.92. The van der Waals surface area contributed by atoms with E-state index in [1.54, 1.807) is 6.92 Å².